The van der Waals surface area contributed by atoms with Crippen LogP contribution in [0.3, 0.4) is 0 Å². The summed E-state index contributed by atoms with van der Waals surface area (Å²) in [5, 5.41) is 0. The molecule has 0 saturated heterocycles. The molecule has 0 atom stereocenters. The fourth-order valence-electron chi connectivity index (χ4n) is 0.604. The number of amides is 1. The Morgan fingerprint density at radius 1 is 1.36 bits per heavy atom. The minimum atomic E-state index is -4.96. The van der Waals surface area contributed by atoms with Gasteiger partial charge in [-0.1, -0.05) is 0 Å². The van der Waals surface area contributed by atoms with E-state index in [0.29, 0.717) is 0 Å². The van der Waals surface area contributed by atoms with Gasteiger partial charge in [-0.05, 0) is 20.8 Å². The quantitative estimate of drug-likeness (QED) is 0.569. The van der Waals surface area contributed by atoms with Crippen LogP contribution >= 0.6 is 0 Å². The molecule has 0 fully saturated rings. The first-order valence-corrected chi connectivity index (χ1v) is 3.88. The Balaban J connectivity index is 4.00. The van der Waals surface area contributed by atoms with Gasteiger partial charge in [-0.2, -0.15) is 13.2 Å². The van der Waals surface area contributed by atoms with Crippen LogP contribution < -0.4 is 5.48 Å². The molecule has 14 heavy (non-hydrogen) atoms. The molecule has 4 nitrogen and oxygen atoms in total. The molecule has 0 radical (unpaired) electrons. The second-order valence-electron chi connectivity index (χ2n) is 2.86. The molecule has 0 bridgehead atoms. The van der Waals surface area contributed by atoms with Crippen LogP contribution in [0.2, 0.25) is 0 Å². The Morgan fingerprint density at radius 3 is 2.21 bits per heavy atom. The molecule has 7 heteroatoms. The molecule has 1 amide bonds. The topological polar surface area (TPSA) is 47.6 Å². The SMILES string of the molecule is CCOC(C)(C)ONC(=O)C(F)(F)F. The van der Waals surface area contributed by atoms with Crippen molar-refractivity contribution in [2.45, 2.75) is 32.7 Å². The van der Waals surface area contributed by atoms with Crippen LogP contribution in [-0.4, -0.2) is 24.5 Å². The minimum absolute atomic E-state index is 0.259. The van der Waals surface area contributed by atoms with Crippen LogP contribution in [-0.2, 0) is 14.4 Å². The van der Waals surface area contributed by atoms with Crippen molar-refractivity contribution < 1.29 is 27.5 Å². The molecule has 0 aliphatic rings. The third-order valence-electron chi connectivity index (χ3n) is 1.14. The van der Waals surface area contributed by atoms with Gasteiger partial charge in [0.05, 0.1) is 0 Å². The summed E-state index contributed by atoms with van der Waals surface area (Å²) in [6, 6.07) is 0. The van der Waals surface area contributed by atoms with Crippen molar-refractivity contribution in [2.24, 2.45) is 0 Å². The normalized spacial score (nSPS) is 12.7. The lowest BCUT2D eigenvalue weighted by molar-refractivity contribution is -0.253. The second-order valence-corrected chi connectivity index (χ2v) is 2.86. The van der Waals surface area contributed by atoms with Gasteiger partial charge in [-0.3, -0.25) is 4.79 Å². The van der Waals surface area contributed by atoms with E-state index in [1.54, 1.807) is 6.92 Å². The molecular formula is C7H12F3NO3. The molecule has 0 spiro atoms. The lowest BCUT2D eigenvalue weighted by Gasteiger charge is -2.24. The van der Waals surface area contributed by atoms with Crippen molar-refractivity contribution in [1.29, 1.82) is 0 Å². The first-order chi connectivity index (χ1) is 6.19. The molecule has 1 N–H and O–H groups in total. The standard InChI is InChI=1S/C7H12F3NO3/c1-4-13-6(2,3)14-11-5(12)7(8,9)10/h4H2,1-3H3,(H,11,12). The first-order valence-electron chi connectivity index (χ1n) is 3.88. The van der Waals surface area contributed by atoms with Gasteiger partial charge >= 0.3 is 12.1 Å². The maximum Gasteiger partial charge on any atom is 0.473 e. The van der Waals surface area contributed by atoms with Gasteiger partial charge in [0.15, 0.2) is 5.79 Å². The zero-order chi connectivity index (χ0) is 11.4. The number of alkyl halides is 3. The summed E-state index contributed by atoms with van der Waals surface area (Å²) in [5.74, 6) is -3.44. The molecule has 0 heterocycles. The van der Waals surface area contributed by atoms with Crippen LogP contribution in [0.4, 0.5) is 13.2 Å². The van der Waals surface area contributed by atoms with Gasteiger partial charge in [-0.25, -0.2) is 10.3 Å². The van der Waals surface area contributed by atoms with E-state index in [4.69, 9.17) is 4.74 Å². The first kappa shape index (κ1) is 13.2. The highest BCUT2D eigenvalue weighted by molar-refractivity contribution is 5.80. The van der Waals surface area contributed by atoms with Crippen molar-refractivity contribution in [1.82, 2.24) is 5.48 Å². The number of hydrogen-bond acceptors (Lipinski definition) is 3. The highest BCUT2D eigenvalue weighted by Gasteiger charge is 2.40. The highest BCUT2D eigenvalue weighted by Crippen LogP contribution is 2.15. The van der Waals surface area contributed by atoms with Crippen molar-refractivity contribution in [3.63, 3.8) is 0 Å². The predicted octanol–water partition coefficient (Wildman–Crippen LogP) is 1.37. The van der Waals surface area contributed by atoms with Gasteiger partial charge < -0.3 is 4.74 Å². The average molecular weight is 215 g/mol. The zero-order valence-corrected chi connectivity index (χ0v) is 8.07. The summed E-state index contributed by atoms with van der Waals surface area (Å²) in [4.78, 5) is 14.7. The van der Waals surface area contributed by atoms with E-state index in [0.717, 1.165) is 0 Å². The third kappa shape index (κ3) is 5.03. The summed E-state index contributed by atoms with van der Waals surface area (Å²) in [5.41, 5.74) is 1.26. The lowest BCUT2D eigenvalue weighted by Crippen LogP contribution is -2.43. The molecule has 0 aromatic rings. The van der Waals surface area contributed by atoms with E-state index in [9.17, 15) is 18.0 Å². The van der Waals surface area contributed by atoms with Gasteiger partial charge in [0.1, 0.15) is 0 Å². The molecule has 0 unspecified atom stereocenters. The third-order valence-corrected chi connectivity index (χ3v) is 1.14. The molecule has 0 aliphatic carbocycles. The van der Waals surface area contributed by atoms with Crippen molar-refractivity contribution >= 4 is 5.91 Å². The van der Waals surface area contributed by atoms with E-state index in [-0.39, 0.29) is 6.61 Å². The Labute approximate surface area is 79.3 Å². The summed E-state index contributed by atoms with van der Waals surface area (Å²) in [6.45, 7) is 4.67. The monoisotopic (exact) mass is 215 g/mol. The fourth-order valence-corrected chi connectivity index (χ4v) is 0.604. The second kappa shape index (κ2) is 4.61. The summed E-state index contributed by atoms with van der Waals surface area (Å²) < 4.78 is 39.9. The maximum absolute atomic E-state index is 11.7. The Bertz CT molecular complexity index is 203. The zero-order valence-electron chi connectivity index (χ0n) is 8.07. The number of carbonyl (C=O) groups is 1. The number of hydrogen-bond donors (Lipinski definition) is 1. The average Bonchev–Trinajstić information content (AvgIpc) is 1.98. The van der Waals surface area contributed by atoms with Crippen LogP contribution in [0.25, 0.3) is 0 Å². The molecule has 0 rings (SSSR count). The number of carbonyl (C=O) groups excluding carboxylic acids is 1. The van der Waals surface area contributed by atoms with Crippen LogP contribution in [0, 0.1) is 0 Å². The van der Waals surface area contributed by atoms with E-state index in [2.05, 4.69) is 4.84 Å². The van der Waals surface area contributed by atoms with E-state index >= 15 is 0 Å². The van der Waals surface area contributed by atoms with E-state index in [1.165, 1.54) is 19.3 Å². The molecule has 84 valence electrons. The fraction of sp³-hybridized carbons (Fsp3) is 0.857. The van der Waals surface area contributed by atoms with Gasteiger partial charge in [-0.15, -0.1) is 0 Å². The number of hydroxylamine groups is 1. The largest absolute Gasteiger partial charge is 0.473 e. The summed E-state index contributed by atoms with van der Waals surface area (Å²) in [6.07, 6.45) is -4.96. The number of rotatable bonds is 4. The maximum atomic E-state index is 11.7. The van der Waals surface area contributed by atoms with Gasteiger partial charge in [0.25, 0.3) is 0 Å². The Morgan fingerprint density at radius 2 is 1.86 bits per heavy atom. The van der Waals surface area contributed by atoms with Crippen LogP contribution in [0.15, 0.2) is 0 Å². The summed E-state index contributed by atoms with van der Waals surface area (Å²) in [7, 11) is 0. The Kier molecular flexibility index (Phi) is 4.34. The smallest absolute Gasteiger partial charge is 0.349 e. The predicted molar refractivity (Wildman–Crippen MR) is 41.0 cm³/mol. The molecule has 0 aliphatic heterocycles. The van der Waals surface area contributed by atoms with Crippen molar-refractivity contribution in [3.8, 4) is 0 Å². The Hall–Kier alpha value is -0.820. The summed E-state index contributed by atoms with van der Waals surface area (Å²) >= 11 is 0. The van der Waals surface area contributed by atoms with Gasteiger partial charge in [0.2, 0.25) is 0 Å². The molecule has 0 saturated carbocycles. The van der Waals surface area contributed by atoms with Crippen molar-refractivity contribution in [2.75, 3.05) is 6.61 Å². The number of halogens is 3. The van der Waals surface area contributed by atoms with E-state index in [1.807, 2.05) is 0 Å². The minimum Gasteiger partial charge on any atom is -0.349 e. The molecule has 0 aromatic carbocycles. The number of nitrogens with one attached hydrogen (secondary N) is 1. The molecule has 0 aromatic heterocycles. The molecular weight excluding hydrogens is 203 g/mol. The van der Waals surface area contributed by atoms with Crippen molar-refractivity contribution in [3.05, 3.63) is 0 Å². The lowest BCUT2D eigenvalue weighted by atomic mass is 10.4. The number of ether oxygens (including phenoxy) is 1. The van der Waals surface area contributed by atoms with Crippen LogP contribution in [0.1, 0.15) is 20.8 Å². The highest BCUT2D eigenvalue weighted by atomic mass is 19.4. The van der Waals surface area contributed by atoms with Crippen LogP contribution in [0.5, 0.6) is 0 Å². The van der Waals surface area contributed by atoms with E-state index < -0.39 is 17.9 Å². The van der Waals surface area contributed by atoms with Gasteiger partial charge in [0, 0.05) is 6.61 Å².